The normalized spacial score (nSPS) is 12.7. The van der Waals surface area contributed by atoms with Gasteiger partial charge in [0.05, 0.1) is 27.3 Å². The Kier molecular flexibility index (Phi) is 6.79. The lowest BCUT2D eigenvalue weighted by Crippen LogP contribution is -2.53. The van der Waals surface area contributed by atoms with Gasteiger partial charge >= 0.3 is 12.4 Å². The molecule has 12 heteroatoms. The number of aromatic nitrogens is 3. The minimum atomic E-state index is -6.03. The molecule has 0 fully saturated rings. The Hall–Kier alpha value is -4.03. The van der Waals surface area contributed by atoms with Crippen LogP contribution in [0.5, 0.6) is 0 Å². The third kappa shape index (κ3) is 4.77. The molecular weight excluding hydrogens is 556 g/mol. The summed E-state index contributed by atoms with van der Waals surface area (Å²) >= 11 is 1.43. The third-order valence-electron chi connectivity index (χ3n) is 6.42. The van der Waals surface area contributed by atoms with Crippen LogP contribution in [0.1, 0.15) is 22.0 Å². The van der Waals surface area contributed by atoms with E-state index in [9.17, 15) is 36.2 Å². The number of aryl methyl sites for hydroxylation is 1. The first-order valence-corrected chi connectivity index (χ1v) is 12.7. The number of fused-ring (bicyclic) bond motifs is 1. The van der Waals surface area contributed by atoms with Gasteiger partial charge in [-0.3, -0.25) is 9.36 Å². The summed E-state index contributed by atoms with van der Waals surface area (Å²) in [4.78, 5) is 22.9. The average Bonchev–Trinajstić information content (AvgIpc) is 3.34. The van der Waals surface area contributed by atoms with Crippen LogP contribution in [0.25, 0.3) is 27.8 Å². The van der Waals surface area contributed by atoms with Crippen molar-refractivity contribution in [3.05, 3.63) is 110 Å². The van der Waals surface area contributed by atoms with E-state index in [1.165, 1.54) is 11.3 Å². The molecule has 2 heterocycles. The summed E-state index contributed by atoms with van der Waals surface area (Å²) < 4.78 is 81.5. The van der Waals surface area contributed by atoms with E-state index in [1.54, 1.807) is 48.5 Å². The van der Waals surface area contributed by atoms with Crippen LogP contribution in [0.3, 0.4) is 0 Å². The molecule has 5 aromatic rings. The highest BCUT2D eigenvalue weighted by Crippen LogP contribution is 2.50. The van der Waals surface area contributed by atoms with E-state index in [1.807, 2.05) is 12.3 Å². The number of rotatable bonds is 5. The van der Waals surface area contributed by atoms with Crippen molar-refractivity contribution in [3.63, 3.8) is 0 Å². The maximum absolute atomic E-state index is 13.8. The second-order valence-corrected chi connectivity index (χ2v) is 10.1. The van der Waals surface area contributed by atoms with Gasteiger partial charge in [-0.15, -0.1) is 11.3 Å². The molecule has 5 rings (SSSR count). The fourth-order valence-corrected chi connectivity index (χ4v) is 5.01. The minimum absolute atomic E-state index is 0.0179. The van der Waals surface area contributed by atoms with E-state index in [0.717, 1.165) is 27.3 Å². The zero-order valence-electron chi connectivity index (χ0n) is 20.6. The number of alkyl halides is 6. The molecule has 40 heavy (non-hydrogen) atoms. The third-order valence-corrected chi connectivity index (χ3v) is 7.19. The van der Waals surface area contributed by atoms with Crippen molar-refractivity contribution < 1.29 is 31.4 Å². The van der Waals surface area contributed by atoms with Crippen molar-refractivity contribution in [1.82, 2.24) is 14.5 Å². The highest BCUT2D eigenvalue weighted by atomic mass is 32.1. The van der Waals surface area contributed by atoms with Gasteiger partial charge in [0.2, 0.25) is 0 Å². The Balaban J connectivity index is 1.70. The number of benzene rings is 3. The molecule has 5 nitrogen and oxygen atoms in total. The largest absolute Gasteiger partial charge is 0.430 e. The molecule has 2 aromatic heterocycles. The van der Waals surface area contributed by atoms with Crippen molar-refractivity contribution in [2.75, 3.05) is 0 Å². The van der Waals surface area contributed by atoms with Crippen molar-refractivity contribution in [2.24, 2.45) is 0 Å². The first-order valence-electron chi connectivity index (χ1n) is 11.8. The molecule has 1 N–H and O–H groups in total. The molecule has 0 bridgehead atoms. The highest BCUT2D eigenvalue weighted by Gasteiger charge is 2.71. The number of aliphatic hydroxyl groups is 1. The van der Waals surface area contributed by atoms with Crippen molar-refractivity contribution in [2.45, 2.75) is 31.3 Å². The number of hydrogen-bond acceptors (Lipinski definition) is 5. The molecule has 0 radical (unpaired) electrons. The molecule has 0 atom stereocenters. The van der Waals surface area contributed by atoms with E-state index in [2.05, 4.69) is 9.97 Å². The maximum Gasteiger partial charge on any atom is 0.430 e. The number of halogens is 6. The lowest BCUT2D eigenvalue weighted by Gasteiger charge is -2.32. The molecule has 0 saturated heterocycles. The number of thiazole rings is 1. The van der Waals surface area contributed by atoms with Gasteiger partial charge in [-0.2, -0.15) is 26.3 Å². The fraction of sp³-hybridized carbons (Fsp3) is 0.179. The number of nitrogens with zero attached hydrogens (tertiary/aromatic N) is 3. The maximum atomic E-state index is 13.8. The molecule has 0 amide bonds. The van der Waals surface area contributed by atoms with E-state index >= 15 is 0 Å². The van der Waals surface area contributed by atoms with Crippen LogP contribution in [0.2, 0.25) is 0 Å². The highest BCUT2D eigenvalue weighted by molar-refractivity contribution is 7.09. The first-order chi connectivity index (χ1) is 18.8. The summed E-state index contributed by atoms with van der Waals surface area (Å²) in [5, 5.41) is 12.6. The van der Waals surface area contributed by atoms with Crippen LogP contribution in [0.15, 0.2) is 83.0 Å². The Bertz CT molecular complexity index is 1730. The molecule has 3 aromatic carbocycles. The molecule has 0 aliphatic rings. The van der Waals surface area contributed by atoms with Crippen LogP contribution in [0, 0.1) is 6.92 Å². The average molecular weight is 576 g/mol. The zero-order valence-corrected chi connectivity index (χ0v) is 21.4. The molecule has 0 aliphatic carbocycles. The van der Waals surface area contributed by atoms with Crippen LogP contribution in [-0.4, -0.2) is 32.0 Å². The van der Waals surface area contributed by atoms with Gasteiger partial charge in [0.15, 0.2) is 0 Å². The Morgan fingerprint density at radius 3 is 2.10 bits per heavy atom. The summed E-state index contributed by atoms with van der Waals surface area (Å²) in [6, 6.07) is 16.9. The smallest absolute Gasteiger partial charge is 0.369 e. The first kappa shape index (κ1) is 27.5. The standard InChI is InChI=1S/C28H19F6N3O2S/c1-16-35-23(15-40-16)18-7-12-22-21(14-18)25(38)37(24(36-22)13-17-5-3-2-4-6-17)20-10-8-19(9-11-20)26(39,27(29,30)31)28(32,33)34/h2-12,14-15,39H,13H2,1H3. The second-order valence-electron chi connectivity index (χ2n) is 9.07. The topological polar surface area (TPSA) is 68.0 Å². The minimum Gasteiger partial charge on any atom is -0.369 e. The van der Waals surface area contributed by atoms with E-state index in [4.69, 9.17) is 0 Å². The van der Waals surface area contributed by atoms with Gasteiger partial charge in [0, 0.05) is 22.9 Å². The summed E-state index contributed by atoms with van der Waals surface area (Å²) in [6.45, 7) is 1.84. The van der Waals surface area contributed by atoms with Crippen molar-refractivity contribution in [1.29, 1.82) is 0 Å². The van der Waals surface area contributed by atoms with Gasteiger partial charge < -0.3 is 5.11 Å². The quantitative estimate of drug-likeness (QED) is 0.236. The van der Waals surface area contributed by atoms with Crippen molar-refractivity contribution in [3.8, 4) is 16.9 Å². The molecule has 0 saturated carbocycles. The van der Waals surface area contributed by atoms with Crippen molar-refractivity contribution >= 4 is 22.2 Å². The summed E-state index contributed by atoms with van der Waals surface area (Å²) in [7, 11) is 0. The van der Waals surface area contributed by atoms with Crippen LogP contribution < -0.4 is 5.56 Å². The van der Waals surface area contributed by atoms with Crippen LogP contribution in [-0.2, 0) is 12.0 Å². The molecule has 206 valence electrons. The lowest BCUT2D eigenvalue weighted by atomic mass is 9.92. The predicted molar refractivity (Wildman–Crippen MR) is 138 cm³/mol. The summed E-state index contributed by atoms with van der Waals surface area (Å²) in [6.07, 6.45) is -11.9. The molecule has 0 spiro atoms. The van der Waals surface area contributed by atoms with E-state index in [0.29, 0.717) is 28.9 Å². The van der Waals surface area contributed by atoms with Gasteiger partial charge in [0.1, 0.15) is 5.82 Å². The van der Waals surface area contributed by atoms with Gasteiger partial charge in [-0.05, 0) is 36.8 Å². The number of hydrogen-bond donors (Lipinski definition) is 1. The zero-order chi connectivity index (χ0) is 28.9. The molecular formula is C28H19F6N3O2S. The van der Waals surface area contributed by atoms with Gasteiger partial charge in [0.25, 0.3) is 11.2 Å². The second kappa shape index (κ2) is 9.86. The summed E-state index contributed by atoms with van der Waals surface area (Å²) in [5.74, 6) is 0.218. The summed E-state index contributed by atoms with van der Waals surface area (Å²) in [5.41, 5.74) is -4.67. The monoisotopic (exact) mass is 575 g/mol. The predicted octanol–water partition coefficient (Wildman–Crippen LogP) is 6.72. The van der Waals surface area contributed by atoms with Gasteiger partial charge in [-0.1, -0.05) is 48.5 Å². The fourth-order valence-electron chi connectivity index (χ4n) is 4.39. The van der Waals surface area contributed by atoms with Gasteiger partial charge in [-0.25, -0.2) is 9.97 Å². The lowest BCUT2D eigenvalue weighted by molar-refractivity contribution is -0.376. The van der Waals surface area contributed by atoms with E-state index < -0.39 is 29.1 Å². The Morgan fingerprint density at radius 2 is 1.52 bits per heavy atom. The van der Waals surface area contributed by atoms with Crippen LogP contribution in [0.4, 0.5) is 26.3 Å². The van der Waals surface area contributed by atoms with E-state index in [-0.39, 0.29) is 23.3 Å². The Labute approximate surface area is 227 Å². The Morgan fingerprint density at radius 1 is 0.875 bits per heavy atom. The molecule has 0 aliphatic heterocycles. The molecule has 0 unspecified atom stereocenters. The van der Waals surface area contributed by atoms with Crippen LogP contribution >= 0.6 is 11.3 Å². The SMILES string of the molecule is Cc1nc(-c2ccc3nc(Cc4ccccc4)n(-c4ccc(C(O)(C(F)(F)F)C(F)(F)F)cc4)c(=O)c3c2)cs1.